The fraction of sp³-hybridized carbons (Fsp3) is 0.641. The molecule has 1 aliphatic carbocycles. The number of alkyl halides is 1. The van der Waals surface area contributed by atoms with Gasteiger partial charge in [-0.15, -0.1) is 0 Å². The van der Waals surface area contributed by atoms with Gasteiger partial charge in [0.05, 0.1) is 19.8 Å². The van der Waals surface area contributed by atoms with Crippen LogP contribution in [-0.2, 0) is 19.1 Å². The first-order valence-electron chi connectivity index (χ1n) is 18.2. The van der Waals surface area contributed by atoms with E-state index in [1.807, 2.05) is 30.3 Å². The van der Waals surface area contributed by atoms with Crippen LogP contribution in [0, 0.1) is 17.7 Å². The molecule has 50 heavy (non-hydrogen) atoms. The third-order valence-corrected chi connectivity index (χ3v) is 11.9. The van der Waals surface area contributed by atoms with Crippen molar-refractivity contribution in [3.63, 3.8) is 0 Å². The van der Waals surface area contributed by atoms with Gasteiger partial charge >= 0.3 is 0 Å². The summed E-state index contributed by atoms with van der Waals surface area (Å²) in [6.45, 7) is 2.83. The number of hydrogen-bond donors (Lipinski definition) is 0. The molecule has 1 saturated carbocycles. The van der Waals surface area contributed by atoms with Crippen molar-refractivity contribution in [3.8, 4) is 5.75 Å². The summed E-state index contributed by atoms with van der Waals surface area (Å²) >= 11 is 0. The van der Waals surface area contributed by atoms with Gasteiger partial charge in [0.1, 0.15) is 11.6 Å². The van der Waals surface area contributed by atoms with Crippen molar-refractivity contribution in [2.24, 2.45) is 11.8 Å². The van der Waals surface area contributed by atoms with Crippen molar-refractivity contribution in [2.75, 3.05) is 86.2 Å². The van der Waals surface area contributed by atoms with Gasteiger partial charge in [0.15, 0.2) is 0 Å². The zero-order valence-electron chi connectivity index (χ0n) is 30.3. The normalized spacial score (nSPS) is 29.4. The standard InChI is InChI=1S/C39H54F2N4O5/c1-42(2)37(46)27-16-18-43(19-17-27)36-20-29(40)8-15-33(36)34-22-44(21-28(34)24-48-3)38(47)39(41)25-45(30-9-13-32(50-5)14-10-30)23-35(39)26-6-11-31(49-4)12-7-26/h6-8,11-12,15,20,27-28,30,32,34-35H,9-10,13-14,16-19,21-25H2,1-5H3/t28-,30-,32-,34+,35+,39+/m1/s1. The highest BCUT2D eigenvalue weighted by Gasteiger charge is 2.57. The summed E-state index contributed by atoms with van der Waals surface area (Å²) in [5, 5.41) is 0. The lowest BCUT2D eigenvalue weighted by Gasteiger charge is -2.36. The van der Waals surface area contributed by atoms with Gasteiger partial charge in [-0.05, 0) is 73.9 Å². The fourth-order valence-corrected chi connectivity index (χ4v) is 9.07. The van der Waals surface area contributed by atoms with E-state index in [0.717, 1.165) is 42.5 Å². The molecule has 0 bridgehead atoms. The molecule has 3 saturated heterocycles. The number of halogens is 2. The molecule has 0 spiro atoms. The van der Waals surface area contributed by atoms with Crippen molar-refractivity contribution >= 4 is 17.5 Å². The minimum absolute atomic E-state index is 0.0450. The zero-order valence-corrected chi connectivity index (χ0v) is 30.3. The van der Waals surface area contributed by atoms with Crippen LogP contribution < -0.4 is 9.64 Å². The number of carbonyl (C=O) groups excluding carboxylic acids is 2. The van der Waals surface area contributed by atoms with E-state index in [2.05, 4.69) is 9.80 Å². The Bertz CT molecular complexity index is 1480. The molecular weight excluding hydrogens is 642 g/mol. The van der Waals surface area contributed by atoms with Gasteiger partial charge in [-0.25, -0.2) is 8.78 Å². The average Bonchev–Trinajstić information content (AvgIpc) is 3.73. The number of benzene rings is 2. The van der Waals surface area contributed by atoms with E-state index in [1.165, 1.54) is 6.07 Å². The lowest BCUT2D eigenvalue weighted by Crippen LogP contribution is -2.50. The van der Waals surface area contributed by atoms with Crippen LogP contribution in [0.15, 0.2) is 42.5 Å². The van der Waals surface area contributed by atoms with Crippen LogP contribution in [-0.4, -0.2) is 126 Å². The topological polar surface area (TPSA) is 74.8 Å². The molecule has 6 rings (SSSR count). The number of methoxy groups -OCH3 is 3. The first-order valence-corrected chi connectivity index (χ1v) is 18.2. The first-order chi connectivity index (χ1) is 24.1. The maximum atomic E-state index is 17.9. The molecule has 3 heterocycles. The minimum atomic E-state index is -2.12. The molecule has 9 nitrogen and oxygen atoms in total. The molecule has 0 aromatic heterocycles. The minimum Gasteiger partial charge on any atom is -0.497 e. The molecule has 4 fully saturated rings. The molecule has 11 heteroatoms. The third-order valence-electron chi connectivity index (χ3n) is 11.9. The molecule has 2 aromatic carbocycles. The Kier molecular flexibility index (Phi) is 11.3. The second-order valence-electron chi connectivity index (χ2n) is 15.0. The highest BCUT2D eigenvalue weighted by atomic mass is 19.1. The van der Waals surface area contributed by atoms with Gasteiger partial charge in [0.25, 0.3) is 5.91 Å². The average molecular weight is 697 g/mol. The number of amides is 2. The van der Waals surface area contributed by atoms with E-state index in [-0.39, 0.29) is 48.2 Å². The predicted molar refractivity (Wildman–Crippen MR) is 189 cm³/mol. The number of rotatable bonds is 10. The molecule has 2 amide bonds. The van der Waals surface area contributed by atoms with E-state index in [9.17, 15) is 14.0 Å². The van der Waals surface area contributed by atoms with Crippen LogP contribution in [0.1, 0.15) is 61.5 Å². The molecule has 0 N–H and O–H groups in total. The first kappa shape index (κ1) is 36.5. The Hall–Kier alpha value is -3.28. The van der Waals surface area contributed by atoms with Gasteiger partial charge in [0, 0.05) is 103 Å². The van der Waals surface area contributed by atoms with Gasteiger partial charge < -0.3 is 28.9 Å². The fourth-order valence-electron chi connectivity index (χ4n) is 9.07. The maximum absolute atomic E-state index is 17.9. The second kappa shape index (κ2) is 15.5. The summed E-state index contributed by atoms with van der Waals surface area (Å²) in [6.07, 6.45) is 5.27. The second-order valence-corrected chi connectivity index (χ2v) is 15.0. The molecule has 274 valence electrons. The number of likely N-dealkylation sites (tertiary alicyclic amines) is 2. The molecular formula is C39H54F2N4O5. The SMILES string of the molecule is COC[C@H]1CN(C(=O)[C@]2(F)CN([C@H]3CC[C@H](OC)CC3)C[C@H]2c2ccc(OC)cc2)C[C@@H]1c1ccc(F)cc1N1CCC(C(=O)N(C)C)CC1. The van der Waals surface area contributed by atoms with Crippen LogP contribution in [0.2, 0.25) is 0 Å². The van der Waals surface area contributed by atoms with Crippen molar-refractivity contribution in [1.29, 1.82) is 0 Å². The van der Waals surface area contributed by atoms with E-state index in [1.54, 1.807) is 51.3 Å². The van der Waals surface area contributed by atoms with Crippen LogP contribution in [0.25, 0.3) is 0 Å². The number of anilines is 1. The Balaban J connectivity index is 1.26. The summed E-state index contributed by atoms with van der Waals surface area (Å²) in [6, 6.07) is 12.5. The quantitative estimate of drug-likeness (QED) is 0.343. The Morgan fingerprint density at radius 2 is 1.62 bits per heavy atom. The summed E-state index contributed by atoms with van der Waals surface area (Å²) < 4.78 is 49.3. The number of hydrogen-bond acceptors (Lipinski definition) is 7. The predicted octanol–water partition coefficient (Wildman–Crippen LogP) is 5.09. The lowest BCUT2D eigenvalue weighted by molar-refractivity contribution is -0.143. The highest BCUT2D eigenvalue weighted by Crippen LogP contribution is 2.46. The van der Waals surface area contributed by atoms with Crippen LogP contribution >= 0.6 is 0 Å². The van der Waals surface area contributed by atoms with E-state index in [4.69, 9.17) is 14.2 Å². The third kappa shape index (κ3) is 7.37. The summed E-state index contributed by atoms with van der Waals surface area (Å²) in [7, 11) is 8.55. The van der Waals surface area contributed by atoms with Crippen LogP contribution in [0.4, 0.5) is 14.5 Å². The summed E-state index contributed by atoms with van der Waals surface area (Å²) in [4.78, 5) is 35.0. The largest absolute Gasteiger partial charge is 0.497 e. The number of ether oxygens (including phenoxy) is 3. The lowest BCUT2D eigenvalue weighted by atomic mass is 9.85. The maximum Gasteiger partial charge on any atom is 0.262 e. The van der Waals surface area contributed by atoms with E-state index in [0.29, 0.717) is 57.9 Å². The molecule has 0 radical (unpaired) electrons. The Morgan fingerprint density at radius 1 is 0.920 bits per heavy atom. The summed E-state index contributed by atoms with van der Waals surface area (Å²) in [5.74, 6) is -0.956. The van der Waals surface area contributed by atoms with Gasteiger partial charge in [-0.2, -0.15) is 0 Å². The molecule has 2 aromatic rings. The summed E-state index contributed by atoms with van der Waals surface area (Å²) in [5.41, 5.74) is 0.386. The van der Waals surface area contributed by atoms with Gasteiger partial charge in [-0.3, -0.25) is 14.5 Å². The highest BCUT2D eigenvalue weighted by molar-refractivity contribution is 5.88. The van der Waals surface area contributed by atoms with Crippen molar-refractivity contribution in [3.05, 3.63) is 59.4 Å². The number of nitrogens with zero attached hydrogens (tertiary/aromatic N) is 4. The molecule has 3 aliphatic heterocycles. The smallest absolute Gasteiger partial charge is 0.262 e. The molecule has 4 aliphatic rings. The van der Waals surface area contributed by atoms with Crippen molar-refractivity contribution in [1.82, 2.24) is 14.7 Å². The Morgan fingerprint density at radius 3 is 2.24 bits per heavy atom. The van der Waals surface area contributed by atoms with E-state index < -0.39 is 17.5 Å². The molecule has 0 unspecified atom stereocenters. The van der Waals surface area contributed by atoms with Crippen LogP contribution in [0.3, 0.4) is 0 Å². The van der Waals surface area contributed by atoms with Gasteiger partial charge in [-0.1, -0.05) is 18.2 Å². The number of piperidine rings is 1. The number of carbonyl (C=O) groups is 2. The van der Waals surface area contributed by atoms with Crippen molar-refractivity contribution in [2.45, 2.75) is 68.2 Å². The van der Waals surface area contributed by atoms with Gasteiger partial charge in [0.2, 0.25) is 11.6 Å². The van der Waals surface area contributed by atoms with Crippen LogP contribution in [0.5, 0.6) is 5.75 Å². The van der Waals surface area contributed by atoms with E-state index >= 15 is 4.39 Å². The Labute approximate surface area is 295 Å². The van der Waals surface area contributed by atoms with Crippen molar-refractivity contribution < 1.29 is 32.6 Å². The molecule has 4 atom stereocenters. The zero-order chi connectivity index (χ0) is 35.6. The monoisotopic (exact) mass is 696 g/mol.